The van der Waals surface area contributed by atoms with Crippen molar-refractivity contribution in [2.75, 3.05) is 6.54 Å². The van der Waals surface area contributed by atoms with Gasteiger partial charge in [0.05, 0.1) is 11.6 Å². The first-order chi connectivity index (χ1) is 17.9. The van der Waals surface area contributed by atoms with Gasteiger partial charge in [-0.25, -0.2) is 9.97 Å². The van der Waals surface area contributed by atoms with E-state index in [0.717, 1.165) is 47.6 Å². The molecule has 0 bridgehead atoms. The van der Waals surface area contributed by atoms with Crippen LogP contribution < -0.4 is 5.73 Å². The van der Waals surface area contributed by atoms with Gasteiger partial charge in [0.15, 0.2) is 0 Å². The summed E-state index contributed by atoms with van der Waals surface area (Å²) >= 11 is 1.62. The number of nitrogens with zero attached hydrogens (tertiary/aromatic N) is 5. The molecule has 1 saturated carbocycles. The third-order valence-corrected chi connectivity index (χ3v) is 8.13. The van der Waals surface area contributed by atoms with E-state index in [1.165, 1.54) is 0 Å². The molecule has 9 heteroatoms. The Labute approximate surface area is 220 Å². The van der Waals surface area contributed by atoms with Crippen molar-refractivity contribution in [1.29, 1.82) is 0 Å². The van der Waals surface area contributed by atoms with Crippen LogP contribution >= 0.6 is 11.3 Å². The summed E-state index contributed by atoms with van der Waals surface area (Å²) in [5.41, 5.74) is 9.87. The van der Waals surface area contributed by atoms with Gasteiger partial charge in [-0.2, -0.15) is 0 Å². The summed E-state index contributed by atoms with van der Waals surface area (Å²) in [6.07, 6.45) is 4.59. The maximum absolute atomic E-state index is 13.8. The van der Waals surface area contributed by atoms with E-state index in [1.54, 1.807) is 17.4 Å². The molecule has 2 atom stereocenters. The number of pyridine rings is 1. The van der Waals surface area contributed by atoms with Crippen molar-refractivity contribution in [3.05, 3.63) is 81.3 Å². The summed E-state index contributed by atoms with van der Waals surface area (Å²) in [6.45, 7) is 4.59. The zero-order chi connectivity index (χ0) is 25.6. The number of thiazole rings is 1. The summed E-state index contributed by atoms with van der Waals surface area (Å²) in [7, 11) is 0. The molecule has 4 heterocycles. The predicted octanol–water partition coefficient (Wildman–Crippen LogP) is 5.17. The van der Waals surface area contributed by atoms with Gasteiger partial charge in [0.25, 0.3) is 11.8 Å². The van der Waals surface area contributed by atoms with Crippen LogP contribution in [0.15, 0.2) is 52.3 Å². The molecule has 1 amide bonds. The van der Waals surface area contributed by atoms with Gasteiger partial charge in [-0.15, -0.1) is 21.5 Å². The molecule has 37 heavy (non-hydrogen) atoms. The Morgan fingerprint density at radius 2 is 1.97 bits per heavy atom. The Hall–Kier alpha value is -3.43. The SMILES string of the molecule is Cc1csc(C2CCCN2C(=O)c2cc(-c3nnc(C(C)(N)Cc4ccccc4)o3)nc(C3CC3)c2)n1. The van der Waals surface area contributed by atoms with Crippen molar-refractivity contribution < 1.29 is 9.21 Å². The fourth-order valence-electron chi connectivity index (χ4n) is 4.98. The number of hydrogen-bond donors (Lipinski definition) is 1. The van der Waals surface area contributed by atoms with Gasteiger partial charge in [-0.3, -0.25) is 4.79 Å². The highest BCUT2D eigenvalue weighted by atomic mass is 32.1. The lowest BCUT2D eigenvalue weighted by atomic mass is 9.94. The molecular formula is C28H30N6O2S. The number of likely N-dealkylation sites (tertiary alicyclic amines) is 1. The molecule has 1 saturated heterocycles. The van der Waals surface area contributed by atoms with Gasteiger partial charge in [-0.1, -0.05) is 30.3 Å². The van der Waals surface area contributed by atoms with Crippen molar-refractivity contribution in [2.45, 2.75) is 63.5 Å². The topological polar surface area (TPSA) is 111 Å². The number of rotatable bonds is 7. The Morgan fingerprint density at radius 3 is 2.70 bits per heavy atom. The van der Waals surface area contributed by atoms with Crippen LogP contribution in [-0.2, 0) is 12.0 Å². The van der Waals surface area contributed by atoms with Crippen molar-refractivity contribution in [3.63, 3.8) is 0 Å². The summed E-state index contributed by atoms with van der Waals surface area (Å²) in [6, 6.07) is 13.7. The van der Waals surface area contributed by atoms with Crippen LogP contribution in [0.5, 0.6) is 0 Å². The molecule has 1 aliphatic heterocycles. The third kappa shape index (κ3) is 4.93. The minimum Gasteiger partial charge on any atom is -0.417 e. The van der Waals surface area contributed by atoms with Gasteiger partial charge >= 0.3 is 0 Å². The lowest BCUT2D eigenvalue weighted by Crippen LogP contribution is -2.35. The van der Waals surface area contributed by atoms with Crippen molar-refractivity contribution in [1.82, 2.24) is 25.1 Å². The lowest BCUT2D eigenvalue weighted by molar-refractivity contribution is 0.0735. The molecule has 1 aromatic carbocycles. The van der Waals surface area contributed by atoms with Crippen LogP contribution in [-0.4, -0.2) is 37.5 Å². The average Bonchev–Trinajstić information content (AvgIpc) is 3.25. The van der Waals surface area contributed by atoms with Crippen LogP contribution in [0.4, 0.5) is 0 Å². The molecule has 0 spiro atoms. The smallest absolute Gasteiger partial charge is 0.266 e. The Balaban J connectivity index is 1.30. The number of benzene rings is 1. The molecule has 4 aromatic rings. The Bertz CT molecular complexity index is 1430. The molecule has 0 radical (unpaired) electrons. The molecule has 1 aliphatic carbocycles. The highest BCUT2D eigenvalue weighted by Crippen LogP contribution is 2.41. The number of nitrogens with two attached hydrogens (primary N) is 1. The fraction of sp³-hybridized carbons (Fsp3) is 0.393. The zero-order valence-electron chi connectivity index (χ0n) is 21.1. The minimum atomic E-state index is -0.839. The normalized spacial score (nSPS) is 19.2. The van der Waals surface area contributed by atoms with E-state index < -0.39 is 5.54 Å². The first kappa shape index (κ1) is 23.9. The van der Waals surface area contributed by atoms with Gasteiger partial charge in [0.1, 0.15) is 10.7 Å². The van der Waals surface area contributed by atoms with Crippen molar-refractivity contribution in [3.8, 4) is 11.6 Å². The van der Waals surface area contributed by atoms with E-state index in [4.69, 9.17) is 15.1 Å². The lowest BCUT2D eigenvalue weighted by Gasteiger charge is -2.23. The molecule has 3 aromatic heterocycles. The molecule has 8 nitrogen and oxygen atoms in total. The highest BCUT2D eigenvalue weighted by molar-refractivity contribution is 7.09. The second-order valence-corrected chi connectivity index (χ2v) is 11.3. The second kappa shape index (κ2) is 9.46. The quantitative estimate of drug-likeness (QED) is 0.362. The van der Waals surface area contributed by atoms with E-state index >= 15 is 0 Å². The molecule has 190 valence electrons. The molecular weight excluding hydrogens is 484 g/mol. The number of hydrogen-bond acceptors (Lipinski definition) is 8. The van der Waals surface area contributed by atoms with E-state index in [-0.39, 0.29) is 17.8 Å². The average molecular weight is 515 g/mol. The van der Waals surface area contributed by atoms with E-state index in [0.29, 0.717) is 36.0 Å². The fourth-order valence-corrected chi connectivity index (χ4v) is 5.93. The van der Waals surface area contributed by atoms with Gasteiger partial charge in [0.2, 0.25) is 5.89 Å². The molecule has 2 aliphatic rings. The first-order valence-electron chi connectivity index (χ1n) is 12.8. The largest absolute Gasteiger partial charge is 0.417 e. The molecule has 6 rings (SSSR count). The maximum atomic E-state index is 13.8. The van der Waals surface area contributed by atoms with Gasteiger partial charge < -0.3 is 15.1 Å². The van der Waals surface area contributed by atoms with Crippen LogP contribution in [0, 0.1) is 6.92 Å². The maximum Gasteiger partial charge on any atom is 0.266 e. The Morgan fingerprint density at radius 1 is 1.16 bits per heavy atom. The third-order valence-electron chi connectivity index (χ3n) is 7.07. The zero-order valence-corrected chi connectivity index (χ0v) is 21.9. The van der Waals surface area contributed by atoms with Crippen LogP contribution in [0.25, 0.3) is 11.6 Å². The summed E-state index contributed by atoms with van der Waals surface area (Å²) in [5.74, 6) is 0.984. The van der Waals surface area contributed by atoms with Crippen LogP contribution in [0.2, 0.25) is 0 Å². The van der Waals surface area contributed by atoms with Gasteiger partial charge in [-0.05, 0) is 63.6 Å². The van der Waals surface area contributed by atoms with Crippen LogP contribution in [0.1, 0.15) is 82.8 Å². The second-order valence-electron chi connectivity index (χ2n) is 10.4. The minimum absolute atomic E-state index is 0.00613. The Kier molecular flexibility index (Phi) is 6.12. The number of carbonyl (C=O) groups excluding carboxylic acids is 1. The van der Waals surface area contributed by atoms with E-state index in [9.17, 15) is 4.79 Å². The highest BCUT2D eigenvalue weighted by Gasteiger charge is 2.35. The molecule has 2 unspecified atom stereocenters. The molecule has 2 N–H and O–H groups in total. The van der Waals surface area contributed by atoms with Crippen molar-refractivity contribution in [2.24, 2.45) is 5.73 Å². The summed E-state index contributed by atoms with van der Waals surface area (Å²) in [4.78, 5) is 25.2. The number of carbonyl (C=O) groups is 1. The number of aryl methyl sites for hydroxylation is 1. The first-order valence-corrected chi connectivity index (χ1v) is 13.7. The summed E-state index contributed by atoms with van der Waals surface area (Å²) in [5, 5.41) is 11.6. The van der Waals surface area contributed by atoms with Gasteiger partial charge in [0, 0.05) is 34.8 Å². The number of aromatic nitrogens is 4. The monoisotopic (exact) mass is 514 g/mol. The van der Waals surface area contributed by atoms with Crippen LogP contribution in [0.3, 0.4) is 0 Å². The number of amides is 1. The van der Waals surface area contributed by atoms with E-state index in [1.807, 2.05) is 60.5 Å². The van der Waals surface area contributed by atoms with E-state index in [2.05, 4.69) is 15.2 Å². The standard InChI is InChI=1S/C28H30N6O2S/c1-17-16-37-25(30-17)23-9-6-12-34(23)26(35)20-13-21(19-10-11-19)31-22(14-20)24-32-33-27(36-24)28(2,29)15-18-7-4-3-5-8-18/h3-5,7-8,13-14,16,19,23H,6,9-12,15,29H2,1-2H3. The predicted molar refractivity (Wildman–Crippen MR) is 141 cm³/mol. The molecule has 2 fully saturated rings. The van der Waals surface area contributed by atoms with Crippen molar-refractivity contribution >= 4 is 17.2 Å². The summed E-state index contributed by atoms with van der Waals surface area (Å²) < 4.78 is 6.07.